The van der Waals surface area contributed by atoms with Gasteiger partial charge in [0, 0.05) is 41.0 Å². The van der Waals surface area contributed by atoms with Gasteiger partial charge in [-0.2, -0.15) is 0 Å². The number of benzene rings is 3. The zero-order valence-electron chi connectivity index (χ0n) is 20.7. The van der Waals surface area contributed by atoms with Crippen LogP contribution in [0.2, 0.25) is 10.0 Å². The Morgan fingerprint density at radius 2 is 1.59 bits per heavy atom. The summed E-state index contributed by atoms with van der Waals surface area (Å²) in [6, 6.07) is 15.5. The Hall–Kier alpha value is -3.74. The van der Waals surface area contributed by atoms with E-state index in [9.17, 15) is 14.7 Å². The number of hydrogen-bond acceptors (Lipinski definition) is 4. The molecule has 1 aliphatic rings. The second-order valence-corrected chi connectivity index (χ2v) is 10.0. The Kier molecular flexibility index (Phi) is 6.26. The van der Waals surface area contributed by atoms with Crippen molar-refractivity contribution < 1.29 is 19.4 Å². The smallest absolute Gasteiger partial charge is 0.300 e. The average Bonchev–Trinajstić information content (AvgIpc) is 3.31. The molecular formula is C29H24Cl2N2O4. The number of carbonyl (C=O) groups excluding carboxylic acids is 2. The summed E-state index contributed by atoms with van der Waals surface area (Å²) in [5.74, 6) is -1.64. The Labute approximate surface area is 224 Å². The monoisotopic (exact) mass is 534 g/mol. The van der Waals surface area contributed by atoms with Gasteiger partial charge in [-0.15, -0.1) is 0 Å². The highest BCUT2D eigenvalue weighted by Gasteiger charge is 2.48. The lowest BCUT2D eigenvalue weighted by atomic mass is 9.94. The molecule has 0 radical (unpaired) electrons. The van der Waals surface area contributed by atoms with Crippen molar-refractivity contribution in [2.75, 3.05) is 12.0 Å². The number of para-hydroxylation sites is 1. The van der Waals surface area contributed by atoms with E-state index in [4.69, 9.17) is 27.9 Å². The molecule has 0 aliphatic carbocycles. The first kappa shape index (κ1) is 24.9. The number of aryl methyl sites for hydroxylation is 3. The molecule has 8 heteroatoms. The third-order valence-electron chi connectivity index (χ3n) is 6.63. The molecule has 1 unspecified atom stereocenters. The van der Waals surface area contributed by atoms with Crippen molar-refractivity contribution in [2.45, 2.75) is 19.9 Å². The number of rotatable bonds is 4. The largest absolute Gasteiger partial charge is 0.507 e. The Morgan fingerprint density at radius 1 is 0.973 bits per heavy atom. The quantitative estimate of drug-likeness (QED) is 0.179. The standard InChI is InChI=1S/C29H24Cl2N2O4/c1-15-9-16(2)11-18(10-15)33-25(20-14-32(3)23-8-6-5-7-19(20)23)24(27(35)29(33)36)26(34)17-12-21(30)28(37-4)22(31)13-17/h5-14,25,34H,1-4H3/b26-24+. The van der Waals surface area contributed by atoms with E-state index in [0.29, 0.717) is 11.3 Å². The summed E-state index contributed by atoms with van der Waals surface area (Å²) in [6.45, 7) is 3.86. The lowest BCUT2D eigenvalue weighted by Crippen LogP contribution is -2.29. The van der Waals surface area contributed by atoms with Crippen molar-refractivity contribution in [2.24, 2.45) is 7.05 Å². The first-order valence-corrected chi connectivity index (χ1v) is 12.3. The van der Waals surface area contributed by atoms with Crippen LogP contribution in [0.25, 0.3) is 16.7 Å². The van der Waals surface area contributed by atoms with Gasteiger partial charge in [0.1, 0.15) is 5.76 Å². The van der Waals surface area contributed by atoms with Gasteiger partial charge in [0.05, 0.1) is 28.8 Å². The van der Waals surface area contributed by atoms with Gasteiger partial charge in [0.25, 0.3) is 11.7 Å². The second kappa shape index (κ2) is 9.29. The van der Waals surface area contributed by atoms with E-state index in [1.54, 1.807) is 0 Å². The van der Waals surface area contributed by atoms with Gasteiger partial charge in [-0.25, -0.2) is 0 Å². The van der Waals surface area contributed by atoms with Gasteiger partial charge in [0.15, 0.2) is 5.75 Å². The van der Waals surface area contributed by atoms with Crippen molar-refractivity contribution in [3.05, 3.63) is 98.7 Å². The maximum atomic E-state index is 13.6. The zero-order valence-corrected chi connectivity index (χ0v) is 22.2. The normalized spacial score (nSPS) is 17.1. The molecule has 0 bridgehead atoms. The molecule has 2 heterocycles. The van der Waals surface area contributed by atoms with E-state index in [-0.39, 0.29) is 32.7 Å². The molecule has 1 aromatic heterocycles. The van der Waals surface area contributed by atoms with Crippen LogP contribution in [0.5, 0.6) is 5.75 Å². The fourth-order valence-corrected chi connectivity index (χ4v) is 5.76. The first-order valence-electron chi connectivity index (χ1n) is 11.6. The summed E-state index contributed by atoms with van der Waals surface area (Å²) in [7, 11) is 3.33. The minimum Gasteiger partial charge on any atom is -0.507 e. The predicted octanol–water partition coefficient (Wildman–Crippen LogP) is 6.74. The van der Waals surface area contributed by atoms with Gasteiger partial charge < -0.3 is 14.4 Å². The number of aliphatic hydroxyl groups excluding tert-OH is 1. The summed E-state index contributed by atoms with van der Waals surface area (Å²) in [5, 5.41) is 12.7. The molecule has 1 aliphatic heterocycles. The maximum Gasteiger partial charge on any atom is 0.300 e. The fourth-order valence-electron chi connectivity index (χ4n) is 5.12. The molecule has 1 atom stereocenters. The first-order chi connectivity index (χ1) is 17.6. The molecule has 1 fully saturated rings. The lowest BCUT2D eigenvalue weighted by molar-refractivity contribution is -0.132. The van der Waals surface area contributed by atoms with Crippen LogP contribution in [-0.4, -0.2) is 28.5 Å². The number of hydrogen-bond donors (Lipinski definition) is 1. The Balaban J connectivity index is 1.82. The molecule has 6 nitrogen and oxygen atoms in total. The summed E-state index contributed by atoms with van der Waals surface area (Å²) in [6.07, 6.45) is 1.89. The molecule has 37 heavy (non-hydrogen) atoms. The number of fused-ring (bicyclic) bond motifs is 1. The van der Waals surface area contributed by atoms with Gasteiger partial charge in [-0.1, -0.05) is 47.5 Å². The van der Waals surface area contributed by atoms with E-state index < -0.39 is 17.7 Å². The van der Waals surface area contributed by atoms with Gasteiger partial charge in [0.2, 0.25) is 0 Å². The van der Waals surface area contributed by atoms with Crippen LogP contribution in [0.15, 0.2) is 66.4 Å². The molecule has 4 aromatic rings. The molecule has 5 rings (SSSR count). The zero-order chi connectivity index (χ0) is 26.6. The minimum absolute atomic E-state index is 0.0437. The van der Waals surface area contributed by atoms with E-state index in [2.05, 4.69) is 0 Å². The molecule has 188 valence electrons. The maximum absolute atomic E-state index is 13.6. The van der Waals surface area contributed by atoms with E-state index >= 15 is 0 Å². The van der Waals surface area contributed by atoms with Crippen LogP contribution in [0.1, 0.15) is 28.3 Å². The lowest BCUT2D eigenvalue weighted by Gasteiger charge is -2.26. The summed E-state index contributed by atoms with van der Waals surface area (Å²) in [5.41, 5.74) is 4.27. The number of halogens is 2. The number of methoxy groups -OCH3 is 1. The van der Waals surface area contributed by atoms with Crippen molar-refractivity contribution in [3.63, 3.8) is 0 Å². The summed E-state index contributed by atoms with van der Waals surface area (Å²) in [4.78, 5) is 28.6. The number of aromatic nitrogens is 1. The van der Waals surface area contributed by atoms with Crippen LogP contribution in [0.4, 0.5) is 5.69 Å². The molecule has 0 saturated carbocycles. The fraction of sp³-hybridized carbons (Fsp3) is 0.172. The van der Waals surface area contributed by atoms with Crippen LogP contribution in [0.3, 0.4) is 0 Å². The molecule has 1 amide bonds. The van der Waals surface area contributed by atoms with E-state index in [0.717, 1.165) is 22.0 Å². The average molecular weight is 535 g/mol. The van der Waals surface area contributed by atoms with Crippen LogP contribution in [-0.2, 0) is 16.6 Å². The Bertz CT molecular complexity index is 1590. The van der Waals surface area contributed by atoms with Crippen LogP contribution in [0, 0.1) is 13.8 Å². The highest BCUT2D eigenvalue weighted by atomic mass is 35.5. The van der Waals surface area contributed by atoms with E-state index in [1.165, 1.54) is 24.1 Å². The molecular weight excluding hydrogens is 511 g/mol. The van der Waals surface area contributed by atoms with Gasteiger partial charge in [-0.05, 0) is 55.3 Å². The van der Waals surface area contributed by atoms with Crippen molar-refractivity contribution >= 4 is 57.2 Å². The predicted molar refractivity (Wildman–Crippen MR) is 147 cm³/mol. The van der Waals surface area contributed by atoms with Crippen molar-refractivity contribution in [3.8, 4) is 5.75 Å². The highest BCUT2D eigenvalue weighted by molar-refractivity contribution is 6.52. The number of carbonyl (C=O) groups is 2. The number of amides is 1. The summed E-state index contributed by atoms with van der Waals surface area (Å²) < 4.78 is 7.16. The number of anilines is 1. The number of ether oxygens (including phenoxy) is 1. The van der Waals surface area contributed by atoms with Crippen molar-refractivity contribution in [1.82, 2.24) is 4.57 Å². The number of ketones is 1. The Morgan fingerprint density at radius 3 is 2.22 bits per heavy atom. The van der Waals surface area contributed by atoms with Crippen LogP contribution >= 0.6 is 23.2 Å². The molecule has 0 spiro atoms. The van der Waals surface area contributed by atoms with E-state index in [1.807, 2.05) is 74.1 Å². The number of aliphatic hydroxyl groups is 1. The summed E-state index contributed by atoms with van der Waals surface area (Å²) >= 11 is 12.7. The molecule has 1 saturated heterocycles. The van der Waals surface area contributed by atoms with Gasteiger partial charge in [-0.3, -0.25) is 14.5 Å². The third-order valence-corrected chi connectivity index (χ3v) is 7.19. The molecule has 3 aromatic carbocycles. The van der Waals surface area contributed by atoms with Gasteiger partial charge >= 0.3 is 0 Å². The topological polar surface area (TPSA) is 71.8 Å². The SMILES string of the molecule is COc1c(Cl)cc(/C(O)=C2\C(=O)C(=O)N(c3cc(C)cc(C)c3)C2c2cn(C)c3ccccc23)cc1Cl. The van der Waals surface area contributed by atoms with Crippen molar-refractivity contribution in [1.29, 1.82) is 0 Å². The van der Waals surface area contributed by atoms with Crippen LogP contribution < -0.4 is 9.64 Å². The molecule has 1 N–H and O–H groups in total. The second-order valence-electron chi connectivity index (χ2n) is 9.20. The minimum atomic E-state index is -0.882. The number of nitrogens with zero attached hydrogens (tertiary/aromatic N) is 2. The number of Topliss-reactive ketones (excluding diaryl/α,β-unsaturated/α-hetero) is 1. The third kappa shape index (κ3) is 4.06. The highest BCUT2D eigenvalue weighted by Crippen LogP contribution is 2.46.